The van der Waals surface area contributed by atoms with E-state index in [-0.39, 0.29) is 5.91 Å². The minimum atomic E-state index is -0.147. The monoisotopic (exact) mass is 243 g/mol. The van der Waals surface area contributed by atoms with E-state index < -0.39 is 0 Å². The summed E-state index contributed by atoms with van der Waals surface area (Å²) in [5.74, 6) is 0.315. The lowest BCUT2D eigenvalue weighted by Gasteiger charge is -2.07. The summed E-state index contributed by atoms with van der Waals surface area (Å²) in [5.41, 5.74) is 2.53. The van der Waals surface area contributed by atoms with Gasteiger partial charge in [0.05, 0.1) is 0 Å². The number of hydrogen-bond donors (Lipinski definition) is 1. The van der Waals surface area contributed by atoms with Crippen LogP contribution in [-0.2, 0) is 4.79 Å². The Labute approximate surface area is 105 Å². The third-order valence-electron chi connectivity index (χ3n) is 2.41. The van der Waals surface area contributed by atoms with E-state index >= 15 is 0 Å². The predicted octanol–water partition coefficient (Wildman–Crippen LogP) is 2.56. The zero-order valence-electron chi connectivity index (χ0n) is 10.2. The Morgan fingerprint density at radius 1 is 1.44 bits per heavy atom. The van der Waals surface area contributed by atoms with Gasteiger partial charge in [-0.1, -0.05) is 6.08 Å². The van der Waals surface area contributed by atoms with Gasteiger partial charge in [0, 0.05) is 11.3 Å². The molecule has 0 aliphatic heterocycles. The van der Waals surface area contributed by atoms with Crippen LogP contribution in [0, 0.1) is 6.92 Å². The highest BCUT2D eigenvalue weighted by Gasteiger charge is 2.07. The number of carbonyl (C=O) groups excluding carboxylic acids is 1. The number of allylic oxidation sites excluding steroid dienone is 1. The number of benzene rings is 1. The van der Waals surface area contributed by atoms with Crippen LogP contribution in [0.3, 0.4) is 0 Å². The molecule has 1 aromatic heterocycles. The average Bonchev–Trinajstić information content (AvgIpc) is 2.85. The highest BCUT2D eigenvalue weighted by Crippen LogP contribution is 2.23. The van der Waals surface area contributed by atoms with Crippen LogP contribution in [0.15, 0.2) is 41.2 Å². The Kier molecular flexibility index (Phi) is 3.52. The maximum Gasteiger partial charge on any atom is 0.248 e. The van der Waals surface area contributed by atoms with Gasteiger partial charge in [-0.05, 0) is 43.7 Å². The second-order valence-corrected chi connectivity index (χ2v) is 3.76. The molecule has 1 aromatic carbocycles. The summed E-state index contributed by atoms with van der Waals surface area (Å²) in [5, 5.41) is 10.3. The molecule has 0 aliphatic carbocycles. The molecule has 5 heteroatoms. The first-order chi connectivity index (χ1) is 8.70. The molecular formula is C13H13N3O2. The standard InChI is InChI=1S/C13H13N3O2/c1-3-4-12(17)15-11-6-5-10(7-9(11)2)13-16-14-8-18-13/h3-8H,1-2H3,(H,15,17). The molecule has 0 saturated heterocycles. The summed E-state index contributed by atoms with van der Waals surface area (Å²) in [6, 6.07) is 5.53. The summed E-state index contributed by atoms with van der Waals surface area (Å²) in [4.78, 5) is 11.4. The van der Waals surface area contributed by atoms with Crippen LogP contribution in [0.2, 0.25) is 0 Å². The fourth-order valence-electron chi connectivity index (χ4n) is 1.56. The highest BCUT2D eigenvalue weighted by molar-refractivity contribution is 5.99. The molecule has 18 heavy (non-hydrogen) atoms. The number of nitrogens with one attached hydrogen (secondary N) is 1. The van der Waals surface area contributed by atoms with Gasteiger partial charge in [0.1, 0.15) is 0 Å². The van der Waals surface area contributed by atoms with Gasteiger partial charge in [-0.15, -0.1) is 10.2 Å². The van der Waals surface area contributed by atoms with Crippen LogP contribution >= 0.6 is 0 Å². The molecule has 0 aliphatic rings. The zero-order chi connectivity index (χ0) is 13.0. The minimum Gasteiger partial charge on any atom is -0.423 e. The summed E-state index contributed by atoms with van der Waals surface area (Å²) in [6.45, 7) is 3.70. The van der Waals surface area contributed by atoms with Crippen LogP contribution in [0.5, 0.6) is 0 Å². The second kappa shape index (κ2) is 5.27. The van der Waals surface area contributed by atoms with Crippen LogP contribution < -0.4 is 5.32 Å². The second-order valence-electron chi connectivity index (χ2n) is 3.76. The van der Waals surface area contributed by atoms with Gasteiger partial charge in [0.25, 0.3) is 0 Å². The van der Waals surface area contributed by atoms with Crippen molar-refractivity contribution < 1.29 is 9.21 Å². The number of rotatable bonds is 3. The van der Waals surface area contributed by atoms with Gasteiger partial charge >= 0.3 is 0 Å². The Morgan fingerprint density at radius 3 is 2.89 bits per heavy atom. The van der Waals surface area contributed by atoms with Crippen LogP contribution in [0.1, 0.15) is 12.5 Å². The van der Waals surface area contributed by atoms with Gasteiger partial charge in [-0.25, -0.2) is 0 Å². The van der Waals surface area contributed by atoms with Gasteiger partial charge in [0.2, 0.25) is 18.2 Å². The molecule has 1 amide bonds. The molecule has 1 N–H and O–H groups in total. The van der Waals surface area contributed by atoms with Crippen LogP contribution in [-0.4, -0.2) is 16.1 Å². The van der Waals surface area contributed by atoms with Crippen molar-refractivity contribution in [1.29, 1.82) is 0 Å². The smallest absolute Gasteiger partial charge is 0.248 e. The summed E-state index contributed by atoms with van der Waals surface area (Å²) < 4.78 is 5.11. The Hall–Kier alpha value is -2.43. The molecule has 1 heterocycles. The molecule has 92 valence electrons. The maximum absolute atomic E-state index is 11.4. The molecular weight excluding hydrogens is 230 g/mol. The van der Waals surface area contributed by atoms with Crippen molar-refractivity contribution in [2.24, 2.45) is 0 Å². The van der Waals surface area contributed by atoms with E-state index in [0.717, 1.165) is 16.8 Å². The Balaban J connectivity index is 2.23. The topological polar surface area (TPSA) is 68.0 Å². The lowest BCUT2D eigenvalue weighted by Crippen LogP contribution is -2.08. The van der Waals surface area contributed by atoms with E-state index in [2.05, 4.69) is 15.5 Å². The summed E-state index contributed by atoms with van der Waals surface area (Å²) >= 11 is 0. The SMILES string of the molecule is CC=CC(=O)Nc1ccc(-c2nnco2)cc1C. The number of carbonyl (C=O) groups is 1. The normalized spacial score (nSPS) is 10.8. The lowest BCUT2D eigenvalue weighted by atomic mass is 10.1. The van der Waals surface area contributed by atoms with Gasteiger partial charge in [0.15, 0.2) is 0 Å². The van der Waals surface area contributed by atoms with Crippen molar-refractivity contribution >= 4 is 11.6 Å². The molecule has 2 rings (SSSR count). The van der Waals surface area contributed by atoms with Crippen molar-refractivity contribution in [3.05, 3.63) is 42.3 Å². The number of nitrogens with zero attached hydrogens (tertiary/aromatic N) is 2. The van der Waals surface area contributed by atoms with Crippen molar-refractivity contribution in [2.45, 2.75) is 13.8 Å². The predicted molar refractivity (Wildman–Crippen MR) is 67.9 cm³/mol. The van der Waals surface area contributed by atoms with Crippen LogP contribution in [0.4, 0.5) is 5.69 Å². The number of anilines is 1. The molecule has 0 radical (unpaired) electrons. The van der Waals surface area contributed by atoms with Crippen LogP contribution in [0.25, 0.3) is 11.5 Å². The molecule has 0 atom stereocenters. The van der Waals surface area contributed by atoms with Gasteiger partial charge in [-0.2, -0.15) is 0 Å². The molecule has 0 bridgehead atoms. The van der Waals surface area contributed by atoms with E-state index in [1.165, 1.54) is 12.5 Å². The number of hydrogen-bond acceptors (Lipinski definition) is 4. The summed E-state index contributed by atoms with van der Waals surface area (Å²) in [7, 11) is 0. The van der Waals surface area contributed by atoms with Gasteiger partial charge in [-0.3, -0.25) is 4.79 Å². The third-order valence-corrected chi connectivity index (χ3v) is 2.41. The molecule has 2 aromatic rings. The first kappa shape index (κ1) is 12.0. The fourth-order valence-corrected chi connectivity index (χ4v) is 1.56. The molecule has 0 unspecified atom stereocenters. The first-order valence-electron chi connectivity index (χ1n) is 5.51. The van der Waals surface area contributed by atoms with E-state index in [9.17, 15) is 4.79 Å². The number of aryl methyl sites for hydroxylation is 1. The minimum absolute atomic E-state index is 0.147. The van der Waals surface area contributed by atoms with E-state index in [1.807, 2.05) is 25.1 Å². The number of amides is 1. The maximum atomic E-state index is 11.4. The summed E-state index contributed by atoms with van der Waals surface area (Å²) in [6.07, 6.45) is 4.45. The van der Waals surface area contributed by atoms with Crippen molar-refractivity contribution in [1.82, 2.24) is 10.2 Å². The molecule has 0 fully saturated rings. The molecule has 5 nitrogen and oxygen atoms in total. The van der Waals surface area contributed by atoms with E-state index in [0.29, 0.717) is 5.89 Å². The van der Waals surface area contributed by atoms with Crippen molar-refractivity contribution in [3.63, 3.8) is 0 Å². The Morgan fingerprint density at radius 2 is 2.28 bits per heavy atom. The van der Waals surface area contributed by atoms with Crippen molar-refractivity contribution in [3.8, 4) is 11.5 Å². The highest BCUT2D eigenvalue weighted by atomic mass is 16.4. The third kappa shape index (κ3) is 2.63. The Bertz CT molecular complexity index is 574. The molecule has 0 spiro atoms. The van der Waals surface area contributed by atoms with E-state index in [1.54, 1.807) is 13.0 Å². The largest absolute Gasteiger partial charge is 0.423 e. The quantitative estimate of drug-likeness (QED) is 0.841. The average molecular weight is 243 g/mol. The van der Waals surface area contributed by atoms with Gasteiger partial charge < -0.3 is 9.73 Å². The fraction of sp³-hybridized carbons (Fsp3) is 0.154. The molecule has 0 saturated carbocycles. The lowest BCUT2D eigenvalue weighted by molar-refractivity contribution is -0.111. The zero-order valence-corrected chi connectivity index (χ0v) is 10.2. The first-order valence-corrected chi connectivity index (χ1v) is 5.51. The van der Waals surface area contributed by atoms with Crippen molar-refractivity contribution in [2.75, 3.05) is 5.32 Å². The van der Waals surface area contributed by atoms with E-state index in [4.69, 9.17) is 4.42 Å². The number of aromatic nitrogens is 2.